The molecule has 2 amide bonds. The summed E-state index contributed by atoms with van der Waals surface area (Å²) in [7, 11) is 3.08. The molecule has 0 aliphatic carbocycles. The number of carbonyl (C=O) groups excluding carboxylic acids is 2. The summed E-state index contributed by atoms with van der Waals surface area (Å²) >= 11 is 0. The van der Waals surface area contributed by atoms with Crippen LogP contribution in [0.2, 0.25) is 0 Å². The van der Waals surface area contributed by atoms with E-state index >= 15 is 0 Å². The second-order valence-electron chi connectivity index (χ2n) is 8.41. The van der Waals surface area contributed by atoms with Crippen LogP contribution < -0.4 is 9.80 Å². The Balaban J connectivity index is 1.71. The number of amides is 2. The molecule has 0 aliphatic heterocycles. The average molecular weight is 511 g/mol. The highest BCUT2D eigenvalue weighted by Crippen LogP contribution is 2.29. The summed E-state index contributed by atoms with van der Waals surface area (Å²) in [5.74, 6) is -0.783. The smallest absolute Gasteiger partial charge is 0.271 e. The molecule has 10 nitrogen and oxygen atoms in total. The van der Waals surface area contributed by atoms with Crippen LogP contribution in [0.4, 0.5) is 22.7 Å². The van der Waals surface area contributed by atoms with E-state index in [9.17, 15) is 29.8 Å². The zero-order chi connectivity index (χ0) is 27.4. The van der Waals surface area contributed by atoms with Gasteiger partial charge in [-0.3, -0.25) is 29.8 Å². The van der Waals surface area contributed by atoms with Crippen molar-refractivity contribution in [3.63, 3.8) is 0 Å². The quantitative estimate of drug-likeness (QED) is 0.231. The van der Waals surface area contributed by atoms with E-state index in [0.29, 0.717) is 33.6 Å². The van der Waals surface area contributed by atoms with Gasteiger partial charge in [0.15, 0.2) is 0 Å². The number of hydrogen-bond acceptors (Lipinski definition) is 6. The van der Waals surface area contributed by atoms with Crippen molar-refractivity contribution in [3.05, 3.63) is 128 Å². The lowest BCUT2D eigenvalue weighted by Gasteiger charge is -2.21. The minimum absolute atomic E-state index is 0.0864. The maximum atomic E-state index is 13.5. The average Bonchev–Trinajstić information content (AvgIpc) is 2.95. The van der Waals surface area contributed by atoms with Crippen LogP contribution in [0, 0.1) is 20.2 Å². The Morgan fingerprint density at radius 1 is 0.632 bits per heavy atom. The molecule has 0 atom stereocenters. The van der Waals surface area contributed by atoms with Gasteiger partial charge in [0.05, 0.1) is 15.5 Å². The second-order valence-corrected chi connectivity index (χ2v) is 8.41. The lowest BCUT2D eigenvalue weighted by atomic mass is 9.95. The van der Waals surface area contributed by atoms with Crippen molar-refractivity contribution < 1.29 is 19.4 Å². The number of anilines is 2. The minimum atomic E-state index is -0.529. The molecule has 0 aromatic heterocycles. The summed E-state index contributed by atoms with van der Waals surface area (Å²) in [5, 5.41) is 22.1. The van der Waals surface area contributed by atoms with Gasteiger partial charge in [0.2, 0.25) is 0 Å². The fourth-order valence-corrected chi connectivity index (χ4v) is 3.94. The molecule has 0 aliphatic rings. The predicted octanol–water partition coefficient (Wildman–Crippen LogP) is 5.72. The number of nitro benzene ring substituents is 2. The molecule has 0 radical (unpaired) electrons. The molecule has 4 aromatic carbocycles. The van der Waals surface area contributed by atoms with Crippen molar-refractivity contribution >= 4 is 34.6 Å². The predicted molar refractivity (Wildman–Crippen MR) is 144 cm³/mol. The van der Waals surface area contributed by atoms with E-state index in [4.69, 9.17) is 0 Å². The Morgan fingerprint density at radius 3 is 1.89 bits per heavy atom. The van der Waals surface area contributed by atoms with Crippen molar-refractivity contribution in [2.75, 3.05) is 23.9 Å². The first-order chi connectivity index (χ1) is 18.2. The molecule has 4 rings (SSSR count). The number of non-ortho nitro benzene ring substituents is 2. The van der Waals surface area contributed by atoms with Crippen molar-refractivity contribution in [2.24, 2.45) is 0 Å². The van der Waals surface area contributed by atoms with Crippen LogP contribution >= 0.6 is 0 Å². The van der Waals surface area contributed by atoms with E-state index in [-0.39, 0.29) is 17.3 Å². The monoisotopic (exact) mass is 510 g/mol. The van der Waals surface area contributed by atoms with Gasteiger partial charge in [0, 0.05) is 55.2 Å². The van der Waals surface area contributed by atoms with Crippen molar-refractivity contribution in [2.45, 2.75) is 0 Å². The highest BCUT2D eigenvalue weighted by Gasteiger charge is 2.22. The Morgan fingerprint density at radius 2 is 1.26 bits per heavy atom. The van der Waals surface area contributed by atoms with E-state index < -0.39 is 15.8 Å². The van der Waals surface area contributed by atoms with E-state index in [1.54, 1.807) is 25.2 Å². The number of carbonyl (C=O) groups is 2. The standard InChI is InChI=1S/C28H22N4O6/c1-29(21-12-14-22(15-13-21)31(35)36)27(33)20-11-16-25(26(17-20)19-7-4-3-5-8-19)28(34)30(2)23-9-6-10-24(18-23)32(37)38/h3-18H,1-2H3. The molecule has 0 saturated heterocycles. The van der Waals surface area contributed by atoms with Crippen molar-refractivity contribution in [1.29, 1.82) is 0 Å². The summed E-state index contributed by atoms with van der Waals surface area (Å²) in [6, 6.07) is 25.2. The number of benzene rings is 4. The van der Waals surface area contributed by atoms with Gasteiger partial charge in [-0.2, -0.15) is 0 Å². The zero-order valence-corrected chi connectivity index (χ0v) is 20.5. The summed E-state index contributed by atoms with van der Waals surface area (Å²) in [6.45, 7) is 0. The first-order valence-electron chi connectivity index (χ1n) is 11.4. The number of rotatable bonds is 7. The molecule has 0 unspecified atom stereocenters. The first kappa shape index (κ1) is 25.7. The van der Waals surface area contributed by atoms with Gasteiger partial charge in [-0.25, -0.2) is 0 Å². The van der Waals surface area contributed by atoms with Crippen LogP contribution in [-0.4, -0.2) is 35.8 Å². The maximum absolute atomic E-state index is 13.5. The molecule has 0 spiro atoms. The number of nitrogens with zero attached hydrogens (tertiary/aromatic N) is 4. The molecule has 38 heavy (non-hydrogen) atoms. The second kappa shape index (κ2) is 10.7. The third-order valence-electron chi connectivity index (χ3n) is 6.07. The minimum Gasteiger partial charge on any atom is -0.311 e. The van der Waals surface area contributed by atoms with Gasteiger partial charge in [-0.05, 0) is 47.5 Å². The molecular weight excluding hydrogens is 488 g/mol. The van der Waals surface area contributed by atoms with Crippen molar-refractivity contribution in [3.8, 4) is 11.1 Å². The summed E-state index contributed by atoms with van der Waals surface area (Å²) in [4.78, 5) is 50.6. The first-order valence-corrected chi connectivity index (χ1v) is 11.4. The van der Waals surface area contributed by atoms with Gasteiger partial charge < -0.3 is 9.80 Å². The fourth-order valence-electron chi connectivity index (χ4n) is 3.94. The molecule has 4 aromatic rings. The molecule has 10 heteroatoms. The van der Waals surface area contributed by atoms with Gasteiger partial charge in [0.1, 0.15) is 0 Å². The van der Waals surface area contributed by atoms with Gasteiger partial charge in [-0.1, -0.05) is 36.4 Å². The Hall–Kier alpha value is -5.38. The molecule has 190 valence electrons. The molecule has 0 N–H and O–H groups in total. The lowest BCUT2D eigenvalue weighted by molar-refractivity contribution is -0.385. The zero-order valence-electron chi connectivity index (χ0n) is 20.5. The van der Waals surface area contributed by atoms with Crippen LogP contribution in [0.25, 0.3) is 11.1 Å². The topological polar surface area (TPSA) is 127 Å². The Labute approximate surface area is 217 Å². The van der Waals surface area contributed by atoms with Crippen LogP contribution in [0.3, 0.4) is 0 Å². The summed E-state index contributed by atoms with van der Waals surface area (Å²) in [5.41, 5.74) is 2.41. The molecule has 0 fully saturated rings. The Kier molecular flexibility index (Phi) is 7.24. The van der Waals surface area contributed by atoms with Crippen LogP contribution in [0.5, 0.6) is 0 Å². The molecule has 0 heterocycles. The van der Waals surface area contributed by atoms with Crippen LogP contribution in [0.1, 0.15) is 20.7 Å². The fraction of sp³-hybridized carbons (Fsp3) is 0.0714. The highest BCUT2D eigenvalue weighted by molar-refractivity contribution is 6.12. The van der Waals surface area contributed by atoms with E-state index in [1.165, 1.54) is 65.4 Å². The number of nitro groups is 2. The number of hydrogen-bond donors (Lipinski definition) is 0. The molecular formula is C28H22N4O6. The van der Waals surface area contributed by atoms with E-state index in [1.807, 2.05) is 30.3 Å². The van der Waals surface area contributed by atoms with Gasteiger partial charge in [0.25, 0.3) is 23.2 Å². The molecule has 0 bridgehead atoms. The Bertz CT molecular complexity index is 1540. The third kappa shape index (κ3) is 5.24. The van der Waals surface area contributed by atoms with Crippen LogP contribution in [-0.2, 0) is 0 Å². The summed E-state index contributed by atoms with van der Waals surface area (Å²) in [6.07, 6.45) is 0. The lowest BCUT2D eigenvalue weighted by Crippen LogP contribution is -2.28. The van der Waals surface area contributed by atoms with Gasteiger partial charge in [-0.15, -0.1) is 0 Å². The van der Waals surface area contributed by atoms with Gasteiger partial charge >= 0.3 is 0 Å². The van der Waals surface area contributed by atoms with E-state index in [0.717, 1.165) is 0 Å². The van der Waals surface area contributed by atoms with E-state index in [2.05, 4.69) is 0 Å². The SMILES string of the molecule is CN(C(=O)c1ccc(C(=O)N(C)c2cccc([N+](=O)[O-])c2)c(-c2ccccc2)c1)c1ccc([N+](=O)[O-])cc1. The van der Waals surface area contributed by atoms with Crippen LogP contribution in [0.15, 0.2) is 97.1 Å². The third-order valence-corrected chi connectivity index (χ3v) is 6.07. The molecule has 0 saturated carbocycles. The largest absolute Gasteiger partial charge is 0.311 e. The van der Waals surface area contributed by atoms with Crippen molar-refractivity contribution in [1.82, 2.24) is 0 Å². The summed E-state index contributed by atoms with van der Waals surface area (Å²) < 4.78 is 0. The normalized spacial score (nSPS) is 10.5. The highest BCUT2D eigenvalue weighted by atomic mass is 16.6. The maximum Gasteiger partial charge on any atom is 0.271 e.